The van der Waals surface area contributed by atoms with Crippen LogP contribution in [0.2, 0.25) is 0 Å². The Morgan fingerprint density at radius 1 is 1.23 bits per heavy atom. The fraction of sp³-hybridized carbons (Fsp3) is 0.500. The Balaban J connectivity index is 0.00000220. The van der Waals surface area contributed by atoms with Crippen molar-refractivity contribution in [3.63, 3.8) is 0 Å². The van der Waals surface area contributed by atoms with Crippen molar-refractivity contribution >= 4 is 0 Å². The summed E-state index contributed by atoms with van der Waals surface area (Å²) in [6, 6.07) is 0. The quantitative estimate of drug-likeness (QED) is 0.274. The molecule has 6 heteroatoms. The predicted molar refractivity (Wildman–Crippen MR) is 71.3 cm³/mol. The van der Waals surface area contributed by atoms with Crippen LogP contribution in [-0.2, 0) is 9.47 Å². The van der Waals surface area contributed by atoms with Crippen LogP contribution in [0.4, 0.5) is 0 Å². The maximum atomic E-state index is 12.9. The third-order valence-electron chi connectivity index (χ3n) is 3.51. The number of rotatable bonds is 1. The Kier molecular flexibility index (Phi) is 8.53. The van der Waals surface area contributed by atoms with Crippen LogP contribution in [0.3, 0.4) is 0 Å². The molecule has 0 N–H and O–H groups in total. The first-order valence-electron chi connectivity index (χ1n) is 6.58. The first-order chi connectivity index (χ1) is 9.42. The van der Waals surface area contributed by atoms with Crippen LogP contribution in [0.15, 0.2) is 34.9 Å². The van der Waals surface area contributed by atoms with Crippen molar-refractivity contribution in [2.75, 3.05) is 19.8 Å². The van der Waals surface area contributed by atoms with E-state index in [1.54, 1.807) is 32.9 Å². The molecule has 0 aromatic carbocycles. The van der Waals surface area contributed by atoms with Gasteiger partial charge in [-0.25, -0.2) is 0 Å². The van der Waals surface area contributed by atoms with E-state index in [-0.39, 0.29) is 44.3 Å². The molecule has 1 saturated heterocycles. The zero-order chi connectivity index (χ0) is 14.8. The van der Waals surface area contributed by atoms with Gasteiger partial charge in [-0.1, -0.05) is 23.1 Å². The van der Waals surface area contributed by atoms with E-state index in [4.69, 9.17) is 9.47 Å². The summed E-state index contributed by atoms with van der Waals surface area (Å²) in [6.07, 6.45) is 4.85. The third kappa shape index (κ3) is 4.42. The van der Waals surface area contributed by atoms with E-state index >= 15 is 0 Å². The number of allylic oxidation sites excluding steroid dienone is 1. The van der Waals surface area contributed by atoms with Gasteiger partial charge in [-0.05, 0) is 44.1 Å². The molecule has 0 saturated carbocycles. The Morgan fingerprint density at radius 3 is 2.18 bits per heavy atom. The summed E-state index contributed by atoms with van der Waals surface area (Å²) in [7, 11) is 0. The van der Waals surface area contributed by atoms with Gasteiger partial charge in [0.2, 0.25) is 5.79 Å². The second-order valence-electron chi connectivity index (χ2n) is 5.06. The fourth-order valence-electron chi connectivity index (χ4n) is 2.33. The van der Waals surface area contributed by atoms with Gasteiger partial charge in [0, 0.05) is 0 Å². The standard InChI is InChI=1S/C16H18O4.2Li/c1-12(5-7-17)4-6-16(18)13(2)10-15(11-14(16)3)19-8-9-20-15;;/h5,10-11H,7-9H2,1-3H3;;/q-2;2*+1/b12-5-;;. The van der Waals surface area contributed by atoms with Gasteiger partial charge >= 0.3 is 37.7 Å². The minimum Gasteiger partial charge on any atom is -0.851 e. The van der Waals surface area contributed by atoms with Gasteiger partial charge in [0.1, 0.15) is 0 Å². The molecule has 1 aliphatic carbocycles. The first kappa shape index (κ1) is 21.8. The molecule has 0 bridgehead atoms. The first-order valence-corrected chi connectivity index (χ1v) is 6.58. The normalized spacial score (nSPS) is 21.8. The van der Waals surface area contributed by atoms with Crippen molar-refractivity contribution in [3.05, 3.63) is 34.9 Å². The maximum Gasteiger partial charge on any atom is 1.00 e. The molecular weight excluding hydrogens is 270 g/mol. The molecule has 1 fully saturated rings. The van der Waals surface area contributed by atoms with E-state index in [1.165, 1.54) is 6.08 Å². The molecule has 1 aliphatic heterocycles. The summed E-state index contributed by atoms with van der Waals surface area (Å²) < 4.78 is 11.1. The largest absolute Gasteiger partial charge is 1.00 e. The van der Waals surface area contributed by atoms with E-state index in [1.807, 2.05) is 0 Å². The Morgan fingerprint density at radius 2 is 1.73 bits per heavy atom. The summed E-state index contributed by atoms with van der Waals surface area (Å²) in [6.45, 7) is 5.88. The third-order valence-corrected chi connectivity index (χ3v) is 3.51. The second-order valence-corrected chi connectivity index (χ2v) is 5.06. The van der Waals surface area contributed by atoms with E-state index < -0.39 is 11.4 Å². The Hall–Kier alpha value is -0.185. The van der Waals surface area contributed by atoms with Crippen LogP contribution < -0.4 is 47.9 Å². The van der Waals surface area contributed by atoms with Crippen molar-refractivity contribution in [2.45, 2.75) is 32.2 Å². The number of hydrogen-bond acceptors (Lipinski definition) is 4. The maximum absolute atomic E-state index is 12.9. The topological polar surface area (TPSA) is 64.6 Å². The number of ether oxygens (including phenoxy) is 2. The SMILES string of the molecule is CC1=CC2(C=C(C)C1([O-])C#C/C(C)=C\C[O-])OCCO2.[Li+].[Li+]. The molecule has 2 rings (SSSR count). The molecule has 2 aliphatic rings. The molecule has 4 nitrogen and oxygen atoms in total. The van der Waals surface area contributed by atoms with Crippen molar-refractivity contribution < 1.29 is 57.4 Å². The predicted octanol–water partition coefficient (Wildman–Crippen LogP) is -5.95. The molecule has 0 amide bonds. The van der Waals surface area contributed by atoms with E-state index in [0.29, 0.717) is 29.9 Å². The Labute approximate surface area is 156 Å². The molecule has 0 radical (unpaired) electrons. The van der Waals surface area contributed by atoms with Crippen LogP contribution in [0.1, 0.15) is 20.8 Å². The molecule has 0 aromatic heterocycles. The fourth-order valence-corrected chi connectivity index (χ4v) is 2.33. The van der Waals surface area contributed by atoms with E-state index in [9.17, 15) is 10.2 Å². The molecule has 108 valence electrons. The van der Waals surface area contributed by atoms with Crippen molar-refractivity contribution in [1.29, 1.82) is 0 Å². The molecule has 1 spiro atoms. The molecule has 0 aromatic rings. The van der Waals surface area contributed by atoms with Crippen LogP contribution >= 0.6 is 0 Å². The zero-order valence-electron chi connectivity index (χ0n) is 14.0. The number of hydrogen-bond donors (Lipinski definition) is 0. The summed E-state index contributed by atoms with van der Waals surface area (Å²) in [4.78, 5) is 0. The van der Waals surface area contributed by atoms with Crippen LogP contribution in [-0.4, -0.2) is 31.2 Å². The van der Waals surface area contributed by atoms with Crippen LogP contribution in [0.5, 0.6) is 0 Å². The van der Waals surface area contributed by atoms with E-state index in [0.717, 1.165) is 0 Å². The Bertz CT molecular complexity index is 524. The molecule has 0 unspecified atom stereocenters. The molecule has 0 atom stereocenters. The smallest absolute Gasteiger partial charge is 0.851 e. The van der Waals surface area contributed by atoms with Gasteiger partial charge in [0.05, 0.1) is 13.2 Å². The van der Waals surface area contributed by atoms with Crippen molar-refractivity contribution in [2.24, 2.45) is 0 Å². The van der Waals surface area contributed by atoms with Gasteiger partial charge in [0.25, 0.3) is 0 Å². The van der Waals surface area contributed by atoms with Crippen molar-refractivity contribution in [1.82, 2.24) is 0 Å². The summed E-state index contributed by atoms with van der Waals surface area (Å²) in [5.74, 6) is 4.60. The average Bonchev–Trinajstić information content (AvgIpc) is 2.82. The summed E-state index contributed by atoms with van der Waals surface area (Å²) in [5.41, 5.74) is 0.145. The van der Waals surface area contributed by atoms with Crippen molar-refractivity contribution in [3.8, 4) is 11.8 Å². The van der Waals surface area contributed by atoms with Gasteiger partial charge in [-0.2, -0.15) is 0 Å². The minimum absolute atomic E-state index is 0. The van der Waals surface area contributed by atoms with Gasteiger partial charge in [-0.3, -0.25) is 0 Å². The minimum atomic E-state index is -1.58. The average molecular weight is 288 g/mol. The van der Waals surface area contributed by atoms with E-state index in [2.05, 4.69) is 11.8 Å². The van der Waals surface area contributed by atoms with Gasteiger partial charge in [0.15, 0.2) is 0 Å². The zero-order valence-corrected chi connectivity index (χ0v) is 14.0. The van der Waals surface area contributed by atoms with Crippen LogP contribution in [0, 0.1) is 11.8 Å². The van der Waals surface area contributed by atoms with Crippen LogP contribution in [0.25, 0.3) is 0 Å². The molecular formula is C16H18Li2O4. The second kappa shape index (κ2) is 8.61. The summed E-state index contributed by atoms with van der Waals surface area (Å²) >= 11 is 0. The van der Waals surface area contributed by atoms with Gasteiger partial charge < -0.3 is 19.7 Å². The van der Waals surface area contributed by atoms with Gasteiger partial charge in [-0.15, -0.1) is 12.5 Å². The monoisotopic (exact) mass is 288 g/mol. The summed E-state index contributed by atoms with van der Waals surface area (Å²) in [5, 5.41) is 23.4. The molecule has 1 heterocycles. The molecule has 22 heavy (non-hydrogen) atoms.